The molecule has 0 bridgehead atoms. The predicted molar refractivity (Wildman–Crippen MR) is 121 cm³/mol. The lowest BCUT2D eigenvalue weighted by molar-refractivity contribution is -0.116. The number of hydrogen-bond donors (Lipinski definition) is 2. The molecule has 0 saturated carbocycles. The molecule has 0 saturated heterocycles. The van der Waals surface area contributed by atoms with Crippen LogP contribution in [0, 0.1) is 20.8 Å². The van der Waals surface area contributed by atoms with E-state index in [1.807, 2.05) is 30.7 Å². The van der Waals surface area contributed by atoms with Crippen molar-refractivity contribution >= 4 is 23.4 Å². The lowest BCUT2D eigenvalue weighted by Crippen LogP contribution is -2.41. The van der Waals surface area contributed by atoms with Crippen molar-refractivity contribution < 1.29 is 4.79 Å². The highest BCUT2D eigenvalue weighted by Crippen LogP contribution is 2.37. The molecule has 0 spiro atoms. The monoisotopic (exact) mass is 421 g/mol. The van der Waals surface area contributed by atoms with E-state index in [1.165, 1.54) is 17.3 Å². The third kappa shape index (κ3) is 4.21. The minimum Gasteiger partial charge on any atom is -0.325 e. The summed E-state index contributed by atoms with van der Waals surface area (Å²) >= 11 is 1.46. The third-order valence-electron chi connectivity index (χ3n) is 5.16. The Kier molecular flexibility index (Phi) is 5.81. The highest BCUT2D eigenvalue weighted by molar-refractivity contribution is 8.00. The molecular formula is C23H27N5OS. The predicted octanol–water partition coefficient (Wildman–Crippen LogP) is 4.55. The number of benzene rings is 2. The smallest absolute Gasteiger partial charge is 0.240 e. The maximum atomic E-state index is 13.4. The van der Waals surface area contributed by atoms with E-state index in [0.29, 0.717) is 0 Å². The summed E-state index contributed by atoms with van der Waals surface area (Å²) in [6.45, 7) is 8.25. The Hall–Kier alpha value is -2.80. The van der Waals surface area contributed by atoms with E-state index in [2.05, 4.69) is 65.1 Å². The maximum absolute atomic E-state index is 13.4. The molecular weight excluding hydrogens is 394 g/mol. The number of nitrogens with zero attached hydrogens (tertiary/aromatic N) is 3. The molecule has 6 nitrogen and oxygen atoms in total. The van der Waals surface area contributed by atoms with Crippen molar-refractivity contribution in [3.05, 3.63) is 70.5 Å². The first-order chi connectivity index (χ1) is 14.4. The SMILES string of the molecule is CCCc1nnc2n1N[C@@H](c1ccc(C)cc1)[C@@H](C(=O)Nc1cc(C)cc(C)c1)S2. The van der Waals surface area contributed by atoms with Gasteiger partial charge in [0.15, 0.2) is 5.82 Å². The zero-order valence-corrected chi connectivity index (χ0v) is 18.6. The summed E-state index contributed by atoms with van der Waals surface area (Å²) < 4.78 is 1.94. The summed E-state index contributed by atoms with van der Waals surface area (Å²) in [5.41, 5.74) is 8.84. The Morgan fingerprint density at radius 2 is 1.77 bits per heavy atom. The molecule has 30 heavy (non-hydrogen) atoms. The average Bonchev–Trinajstić information content (AvgIpc) is 3.09. The molecule has 1 aromatic heterocycles. The number of carbonyl (C=O) groups is 1. The molecule has 0 aliphatic carbocycles. The van der Waals surface area contributed by atoms with Gasteiger partial charge in [-0.3, -0.25) is 4.79 Å². The van der Waals surface area contributed by atoms with E-state index < -0.39 is 0 Å². The standard InChI is InChI=1S/C23H27N5OS/c1-5-6-19-25-26-23-28(19)27-20(17-9-7-14(2)8-10-17)21(30-23)22(29)24-18-12-15(3)11-16(4)13-18/h7-13,20-21,27H,5-6H2,1-4H3,(H,24,29)/t20-,21-/m0/s1. The van der Waals surface area contributed by atoms with Gasteiger partial charge in [-0.2, -0.15) is 0 Å². The first kappa shape index (κ1) is 20.5. The van der Waals surface area contributed by atoms with Crippen LogP contribution in [0.3, 0.4) is 0 Å². The number of anilines is 1. The van der Waals surface area contributed by atoms with Crippen molar-refractivity contribution in [2.45, 2.75) is 57.0 Å². The van der Waals surface area contributed by atoms with E-state index in [1.54, 1.807) is 0 Å². The number of fused-ring (bicyclic) bond motifs is 1. The summed E-state index contributed by atoms with van der Waals surface area (Å²) in [5.74, 6) is 0.847. The van der Waals surface area contributed by atoms with E-state index >= 15 is 0 Å². The lowest BCUT2D eigenvalue weighted by atomic mass is 10.0. The summed E-state index contributed by atoms with van der Waals surface area (Å²) in [7, 11) is 0. The Morgan fingerprint density at radius 3 is 2.43 bits per heavy atom. The number of hydrogen-bond acceptors (Lipinski definition) is 5. The van der Waals surface area contributed by atoms with Crippen molar-refractivity contribution in [3.8, 4) is 0 Å². The largest absolute Gasteiger partial charge is 0.325 e. The quantitative estimate of drug-likeness (QED) is 0.632. The molecule has 2 N–H and O–H groups in total. The second-order valence-electron chi connectivity index (χ2n) is 7.91. The van der Waals surface area contributed by atoms with Crippen molar-refractivity contribution in [1.82, 2.24) is 14.9 Å². The second kappa shape index (κ2) is 8.52. The van der Waals surface area contributed by atoms with E-state index in [0.717, 1.165) is 46.2 Å². The molecule has 3 aromatic rings. The Morgan fingerprint density at radius 1 is 1.07 bits per heavy atom. The summed E-state index contributed by atoms with van der Waals surface area (Å²) in [6.07, 6.45) is 1.82. The molecule has 4 rings (SSSR count). The van der Waals surface area contributed by atoms with Gasteiger partial charge in [0.2, 0.25) is 11.1 Å². The number of carbonyl (C=O) groups excluding carboxylic acids is 1. The summed E-state index contributed by atoms with van der Waals surface area (Å²) in [5, 5.41) is 12.1. The Bertz CT molecular complexity index is 1040. The van der Waals surface area contributed by atoms with Crippen molar-refractivity contribution in [2.24, 2.45) is 0 Å². The van der Waals surface area contributed by atoms with Crippen LogP contribution >= 0.6 is 11.8 Å². The summed E-state index contributed by atoms with van der Waals surface area (Å²) in [4.78, 5) is 13.4. The van der Waals surface area contributed by atoms with Gasteiger partial charge in [0.25, 0.3) is 0 Å². The van der Waals surface area contributed by atoms with Gasteiger partial charge in [-0.1, -0.05) is 54.6 Å². The molecule has 2 aromatic carbocycles. The number of aryl methyl sites for hydroxylation is 4. The van der Waals surface area contributed by atoms with Crippen molar-refractivity contribution in [3.63, 3.8) is 0 Å². The van der Waals surface area contributed by atoms with Crippen LogP contribution in [0.5, 0.6) is 0 Å². The van der Waals surface area contributed by atoms with E-state index in [9.17, 15) is 4.79 Å². The highest BCUT2D eigenvalue weighted by Gasteiger charge is 2.37. The lowest BCUT2D eigenvalue weighted by Gasteiger charge is -2.33. The van der Waals surface area contributed by atoms with Gasteiger partial charge in [-0.05, 0) is 56.0 Å². The molecule has 2 heterocycles. The van der Waals surface area contributed by atoms with Crippen LogP contribution in [0.25, 0.3) is 0 Å². The van der Waals surface area contributed by atoms with Gasteiger partial charge in [0, 0.05) is 12.1 Å². The van der Waals surface area contributed by atoms with Gasteiger partial charge >= 0.3 is 0 Å². The molecule has 2 atom stereocenters. The molecule has 0 unspecified atom stereocenters. The van der Waals surface area contributed by atoms with Crippen LogP contribution in [0.15, 0.2) is 47.6 Å². The number of amides is 1. The fourth-order valence-electron chi connectivity index (χ4n) is 3.77. The zero-order chi connectivity index (χ0) is 21.3. The molecule has 156 valence electrons. The van der Waals surface area contributed by atoms with Gasteiger partial charge in [-0.15, -0.1) is 10.2 Å². The van der Waals surface area contributed by atoms with Crippen molar-refractivity contribution in [1.29, 1.82) is 0 Å². The van der Waals surface area contributed by atoms with Crippen LogP contribution in [0.4, 0.5) is 5.69 Å². The first-order valence-electron chi connectivity index (χ1n) is 10.3. The molecule has 7 heteroatoms. The average molecular weight is 422 g/mol. The minimum atomic E-state index is -0.375. The second-order valence-corrected chi connectivity index (χ2v) is 9.01. The number of thioether (sulfide) groups is 1. The van der Waals surface area contributed by atoms with Crippen molar-refractivity contribution in [2.75, 3.05) is 10.7 Å². The third-order valence-corrected chi connectivity index (χ3v) is 6.38. The molecule has 1 aliphatic rings. The minimum absolute atomic E-state index is 0.0469. The normalized spacial score (nSPS) is 17.9. The fraction of sp³-hybridized carbons (Fsp3) is 0.348. The van der Waals surface area contributed by atoms with Gasteiger partial charge < -0.3 is 10.7 Å². The first-order valence-corrected chi connectivity index (χ1v) is 11.2. The van der Waals surface area contributed by atoms with Crippen LogP contribution in [-0.4, -0.2) is 26.0 Å². The fourth-order valence-corrected chi connectivity index (χ4v) is 4.87. The highest BCUT2D eigenvalue weighted by atomic mass is 32.2. The number of rotatable bonds is 5. The summed E-state index contributed by atoms with van der Waals surface area (Å²) in [6, 6.07) is 14.2. The van der Waals surface area contributed by atoms with Crippen LogP contribution in [0.1, 0.15) is 47.5 Å². The topological polar surface area (TPSA) is 71.8 Å². The van der Waals surface area contributed by atoms with Crippen LogP contribution < -0.4 is 10.7 Å². The Labute approximate surface area is 181 Å². The number of aromatic nitrogens is 3. The van der Waals surface area contributed by atoms with Crippen LogP contribution in [-0.2, 0) is 11.2 Å². The molecule has 1 amide bonds. The van der Waals surface area contributed by atoms with E-state index in [4.69, 9.17) is 0 Å². The molecule has 0 radical (unpaired) electrons. The van der Waals surface area contributed by atoms with Gasteiger partial charge in [-0.25, -0.2) is 4.68 Å². The van der Waals surface area contributed by atoms with Gasteiger partial charge in [0.1, 0.15) is 5.25 Å². The zero-order valence-electron chi connectivity index (χ0n) is 17.8. The van der Waals surface area contributed by atoms with Gasteiger partial charge in [0.05, 0.1) is 6.04 Å². The molecule has 1 aliphatic heterocycles. The van der Waals surface area contributed by atoms with Crippen LogP contribution in [0.2, 0.25) is 0 Å². The molecule has 0 fully saturated rings. The Balaban J connectivity index is 1.67. The van der Waals surface area contributed by atoms with E-state index in [-0.39, 0.29) is 17.2 Å². The maximum Gasteiger partial charge on any atom is 0.240 e. The number of nitrogens with one attached hydrogen (secondary N) is 2.